The van der Waals surface area contributed by atoms with Crippen LogP contribution >= 0.6 is 0 Å². The summed E-state index contributed by atoms with van der Waals surface area (Å²) >= 11 is 0. The van der Waals surface area contributed by atoms with Gasteiger partial charge in [-0.3, -0.25) is 0 Å². The zero-order valence-corrected chi connectivity index (χ0v) is 11.0. The molecule has 2 N–H and O–H groups in total. The Hall–Kier alpha value is -2.10. The van der Waals surface area contributed by atoms with Crippen LogP contribution in [-0.4, -0.2) is 9.97 Å². The average molecular weight is 255 g/mol. The van der Waals surface area contributed by atoms with Gasteiger partial charge in [0, 0.05) is 0 Å². The highest BCUT2D eigenvalue weighted by atomic mass is 16.5. The minimum atomic E-state index is 0.461. The van der Waals surface area contributed by atoms with Crippen molar-refractivity contribution in [1.29, 1.82) is 0 Å². The summed E-state index contributed by atoms with van der Waals surface area (Å²) in [5.74, 6) is 1.81. The molecule has 0 aliphatic heterocycles. The van der Waals surface area contributed by atoms with Crippen molar-refractivity contribution in [2.75, 3.05) is 5.73 Å². The van der Waals surface area contributed by atoms with E-state index in [0.717, 1.165) is 17.7 Å². The fourth-order valence-electron chi connectivity index (χ4n) is 2.43. The monoisotopic (exact) mass is 255 g/mol. The number of aryl methyl sites for hydroxylation is 2. The second kappa shape index (κ2) is 4.88. The first kappa shape index (κ1) is 12.0. The van der Waals surface area contributed by atoms with E-state index < -0.39 is 0 Å². The van der Waals surface area contributed by atoms with Crippen molar-refractivity contribution in [1.82, 2.24) is 9.97 Å². The third-order valence-corrected chi connectivity index (χ3v) is 3.61. The van der Waals surface area contributed by atoms with Gasteiger partial charge in [-0.25, -0.2) is 9.97 Å². The molecule has 0 bridgehead atoms. The minimum Gasteiger partial charge on any atom is -0.439 e. The van der Waals surface area contributed by atoms with E-state index >= 15 is 0 Å². The molecule has 0 radical (unpaired) electrons. The van der Waals surface area contributed by atoms with E-state index in [4.69, 9.17) is 10.5 Å². The molecule has 3 rings (SSSR count). The molecule has 1 aliphatic carbocycles. The van der Waals surface area contributed by atoms with Gasteiger partial charge >= 0.3 is 0 Å². The lowest BCUT2D eigenvalue weighted by Crippen LogP contribution is -2.03. The van der Waals surface area contributed by atoms with Crippen molar-refractivity contribution in [3.63, 3.8) is 0 Å². The number of nitrogens with zero attached hydrogens (tertiary/aromatic N) is 2. The second-order valence-electron chi connectivity index (χ2n) is 4.93. The molecule has 0 atom stereocenters. The molecule has 1 heterocycles. The van der Waals surface area contributed by atoms with Crippen LogP contribution in [0.25, 0.3) is 0 Å². The predicted molar refractivity (Wildman–Crippen MR) is 74.3 cm³/mol. The van der Waals surface area contributed by atoms with Crippen LogP contribution in [0.2, 0.25) is 0 Å². The summed E-state index contributed by atoms with van der Waals surface area (Å²) in [4.78, 5) is 8.07. The summed E-state index contributed by atoms with van der Waals surface area (Å²) in [6.07, 6.45) is 6.29. The number of benzene rings is 1. The van der Waals surface area contributed by atoms with Gasteiger partial charge in [0.2, 0.25) is 5.88 Å². The van der Waals surface area contributed by atoms with Gasteiger partial charge in [0.1, 0.15) is 17.9 Å². The van der Waals surface area contributed by atoms with Crippen LogP contribution in [0.15, 0.2) is 24.5 Å². The Bertz CT molecular complexity index is 610. The first-order valence-electron chi connectivity index (χ1n) is 6.61. The quantitative estimate of drug-likeness (QED) is 0.896. The van der Waals surface area contributed by atoms with Crippen LogP contribution in [0.1, 0.15) is 29.5 Å². The number of hydrogen-bond donors (Lipinski definition) is 1. The zero-order valence-electron chi connectivity index (χ0n) is 11.0. The standard InChI is InChI=1S/C15H17N3O/c1-10-14(16)17-9-18-15(10)19-13-7-6-11-4-2-3-5-12(11)8-13/h6-9H,2-5H2,1H3,(H2,16,17,18). The number of nitrogen functional groups attached to an aromatic ring is 1. The molecule has 98 valence electrons. The van der Waals surface area contributed by atoms with E-state index in [9.17, 15) is 0 Å². The van der Waals surface area contributed by atoms with Crippen LogP contribution in [0, 0.1) is 6.92 Å². The van der Waals surface area contributed by atoms with E-state index in [1.54, 1.807) is 0 Å². The van der Waals surface area contributed by atoms with E-state index in [1.807, 2.05) is 13.0 Å². The molecule has 2 aromatic rings. The number of fused-ring (bicyclic) bond motifs is 1. The van der Waals surface area contributed by atoms with Gasteiger partial charge in [0.25, 0.3) is 0 Å². The topological polar surface area (TPSA) is 61.0 Å². The normalized spacial score (nSPS) is 13.9. The fraction of sp³-hybridized carbons (Fsp3) is 0.333. The highest BCUT2D eigenvalue weighted by molar-refractivity contribution is 5.45. The average Bonchev–Trinajstić information content (AvgIpc) is 2.44. The predicted octanol–water partition coefficient (Wildman–Crippen LogP) is 3.04. The SMILES string of the molecule is Cc1c(N)ncnc1Oc1ccc2c(c1)CCCC2. The molecule has 19 heavy (non-hydrogen) atoms. The van der Waals surface area contributed by atoms with Crippen molar-refractivity contribution in [3.05, 3.63) is 41.2 Å². The summed E-state index contributed by atoms with van der Waals surface area (Å²) in [5, 5.41) is 0. The summed E-state index contributed by atoms with van der Waals surface area (Å²) < 4.78 is 5.82. The lowest BCUT2D eigenvalue weighted by Gasteiger charge is -2.16. The maximum absolute atomic E-state index is 5.82. The van der Waals surface area contributed by atoms with E-state index in [2.05, 4.69) is 22.1 Å². The molecule has 0 spiro atoms. The molecule has 1 aliphatic rings. The number of anilines is 1. The molecule has 0 fully saturated rings. The molecule has 1 aromatic carbocycles. The summed E-state index contributed by atoms with van der Waals surface area (Å²) in [5.41, 5.74) is 9.37. The van der Waals surface area contributed by atoms with Gasteiger partial charge in [0.05, 0.1) is 5.56 Å². The Balaban J connectivity index is 1.89. The van der Waals surface area contributed by atoms with Gasteiger partial charge in [-0.1, -0.05) is 6.07 Å². The molecule has 0 unspecified atom stereocenters. The smallest absolute Gasteiger partial charge is 0.227 e. The van der Waals surface area contributed by atoms with Crippen LogP contribution in [0.4, 0.5) is 5.82 Å². The lowest BCUT2D eigenvalue weighted by atomic mass is 9.92. The van der Waals surface area contributed by atoms with Gasteiger partial charge < -0.3 is 10.5 Å². The number of ether oxygens (including phenoxy) is 1. The maximum atomic E-state index is 5.82. The maximum Gasteiger partial charge on any atom is 0.227 e. The summed E-state index contributed by atoms with van der Waals surface area (Å²) in [7, 11) is 0. The number of aromatic nitrogens is 2. The van der Waals surface area contributed by atoms with E-state index in [-0.39, 0.29) is 0 Å². The molecule has 4 heteroatoms. The fourth-order valence-corrected chi connectivity index (χ4v) is 2.43. The Morgan fingerprint density at radius 1 is 1.11 bits per heavy atom. The summed E-state index contributed by atoms with van der Waals surface area (Å²) in [6, 6.07) is 6.28. The Morgan fingerprint density at radius 2 is 1.89 bits per heavy atom. The number of nitrogens with two attached hydrogens (primary N) is 1. The molecular formula is C15H17N3O. The lowest BCUT2D eigenvalue weighted by molar-refractivity contribution is 0.456. The largest absolute Gasteiger partial charge is 0.439 e. The molecular weight excluding hydrogens is 238 g/mol. The van der Waals surface area contributed by atoms with E-state index in [0.29, 0.717) is 11.7 Å². The zero-order chi connectivity index (χ0) is 13.2. The third-order valence-electron chi connectivity index (χ3n) is 3.61. The van der Waals surface area contributed by atoms with Crippen molar-refractivity contribution in [3.8, 4) is 11.6 Å². The number of rotatable bonds is 2. The molecule has 4 nitrogen and oxygen atoms in total. The molecule has 0 saturated carbocycles. The van der Waals surface area contributed by atoms with E-state index in [1.165, 1.54) is 36.7 Å². The van der Waals surface area contributed by atoms with Crippen LogP contribution in [0.3, 0.4) is 0 Å². The molecule has 1 aromatic heterocycles. The van der Waals surface area contributed by atoms with Crippen LogP contribution < -0.4 is 10.5 Å². The first-order valence-corrected chi connectivity index (χ1v) is 6.61. The van der Waals surface area contributed by atoms with Crippen LogP contribution in [0.5, 0.6) is 11.6 Å². The van der Waals surface area contributed by atoms with Crippen molar-refractivity contribution < 1.29 is 4.74 Å². The Labute approximate surface area is 112 Å². The number of hydrogen-bond acceptors (Lipinski definition) is 4. The highest BCUT2D eigenvalue weighted by Gasteiger charge is 2.12. The Kier molecular flexibility index (Phi) is 3.07. The van der Waals surface area contributed by atoms with Gasteiger partial charge in [0.15, 0.2) is 0 Å². The third kappa shape index (κ3) is 2.38. The van der Waals surface area contributed by atoms with Crippen molar-refractivity contribution >= 4 is 5.82 Å². The van der Waals surface area contributed by atoms with Crippen molar-refractivity contribution in [2.24, 2.45) is 0 Å². The van der Waals surface area contributed by atoms with Crippen LogP contribution in [-0.2, 0) is 12.8 Å². The summed E-state index contributed by atoms with van der Waals surface area (Å²) in [6.45, 7) is 1.86. The minimum absolute atomic E-state index is 0.461. The first-order chi connectivity index (χ1) is 9.24. The molecule has 0 saturated heterocycles. The second-order valence-corrected chi connectivity index (χ2v) is 4.93. The van der Waals surface area contributed by atoms with Gasteiger partial charge in [-0.15, -0.1) is 0 Å². The van der Waals surface area contributed by atoms with Crippen molar-refractivity contribution in [2.45, 2.75) is 32.6 Å². The highest BCUT2D eigenvalue weighted by Crippen LogP contribution is 2.29. The Morgan fingerprint density at radius 3 is 2.74 bits per heavy atom. The van der Waals surface area contributed by atoms with Gasteiger partial charge in [-0.05, 0) is 55.9 Å². The molecule has 0 amide bonds. The van der Waals surface area contributed by atoms with Gasteiger partial charge in [-0.2, -0.15) is 0 Å².